The average molecular weight is 370 g/mol. The Balaban J connectivity index is 2.40. The van der Waals surface area contributed by atoms with Gasteiger partial charge in [0.2, 0.25) is 6.30 Å². The fraction of sp³-hybridized carbons (Fsp3) is 0.615. The number of ether oxygens (including phenoxy) is 2. The first kappa shape index (κ1) is 19.3. The summed E-state index contributed by atoms with van der Waals surface area (Å²) in [4.78, 5) is 35.8. The third-order valence-corrected chi connectivity index (χ3v) is 3.42. The minimum atomic E-state index is -5.15. The van der Waals surface area contributed by atoms with E-state index in [0.717, 1.165) is 0 Å². The standard InChI is InChI=1S/C13H14F4N2O6/c1-12(2)24-4-6(20)8(25-12)7(21)9(14)19-3-5(13(15,16)17)10(22)18-11(19)23/h3,7-9,21H,4H2,1-2H3,(H,18,22,23)/t7?,8-,9?/m1/s1. The second-order valence-corrected chi connectivity index (χ2v) is 5.76. The maximum atomic E-state index is 14.4. The number of aromatic amines is 1. The molecule has 0 aromatic carbocycles. The number of aliphatic hydroxyl groups is 1. The molecule has 2 N–H and O–H groups in total. The number of alkyl halides is 4. The van der Waals surface area contributed by atoms with Crippen molar-refractivity contribution in [2.45, 2.75) is 44.3 Å². The molecule has 2 rings (SSSR count). The number of H-pyrrole nitrogens is 1. The predicted octanol–water partition coefficient (Wildman–Crippen LogP) is 0.105. The molecule has 25 heavy (non-hydrogen) atoms. The zero-order chi connectivity index (χ0) is 19.2. The lowest BCUT2D eigenvalue weighted by atomic mass is 10.1. The Bertz CT molecular complexity index is 784. The zero-order valence-corrected chi connectivity index (χ0v) is 13.0. The lowest BCUT2D eigenvalue weighted by Crippen LogP contribution is -2.53. The van der Waals surface area contributed by atoms with Crippen molar-refractivity contribution in [2.24, 2.45) is 0 Å². The van der Waals surface area contributed by atoms with E-state index in [1.807, 2.05) is 0 Å². The Morgan fingerprint density at radius 2 is 1.96 bits per heavy atom. The lowest BCUT2D eigenvalue weighted by molar-refractivity contribution is -0.276. The normalized spacial score (nSPS) is 23.3. The molecule has 0 radical (unpaired) electrons. The Morgan fingerprint density at radius 1 is 1.36 bits per heavy atom. The van der Waals surface area contributed by atoms with Crippen molar-refractivity contribution in [3.05, 3.63) is 32.6 Å². The summed E-state index contributed by atoms with van der Waals surface area (Å²) in [5.74, 6) is -2.21. The highest BCUT2D eigenvalue weighted by atomic mass is 19.4. The van der Waals surface area contributed by atoms with E-state index in [4.69, 9.17) is 9.47 Å². The van der Waals surface area contributed by atoms with Gasteiger partial charge in [0.05, 0.1) is 0 Å². The highest BCUT2D eigenvalue weighted by molar-refractivity contribution is 5.85. The minimum absolute atomic E-state index is 0.0655. The lowest BCUT2D eigenvalue weighted by Gasteiger charge is -2.37. The number of aliphatic hydroxyl groups excluding tert-OH is 1. The fourth-order valence-electron chi connectivity index (χ4n) is 2.17. The second kappa shape index (κ2) is 6.35. The highest BCUT2D eigenvalue weighted by Gasteiger charge is 2.44. The van der Waals surface area contributed by atoms with Gasteiger partial charge in [-0.3, -0.25) is 19.1 Å². The van der Waals surface area contributed by atoms with E-state index in [0.29, 0.717) is 0 Å². The number of carbonyl (C=O) groups is 1. The van der Waals surface area contributed by atoms with Gasteiger partial charge >= 0.3 is 11.9 Å². The Labute approximate surface area is 137 Å². The molecule has 1 aliphatic rings. The van der Waals surface area contributed by atoms with Gasteiger partial charge in [-0.1, -0.05) is 0 Å². The maximum absolute atomic E-state index is 14.4. The van der Waals surface area contributed by atoms with Crippen molar-refractivity contribution in [3.63, 3.8) is 0 Å². The van der Waals surface area contributed by atoms with Crippen LogP contribution in [-0.2, 0) is 20.4 Å². The number of aromatic nitrogens is 2. The SMILES string of the molecule is CC1(C)OCC(=O)[C@H](C(O)C(F)n2cc(C(F)(F)F)c(=O)[nH]c2=O)O1. The predicted molar refractivity (Wildman–Crippen MR) is 72.4 cm³/mol. The van der Waals surface area contributed by atoms with Crippen LogP contribution in [0, 0.1) is 0 Å². The van der Waals surface area contributed by atoms with E-state index < -0.39 is 59.7 Å². The first-order valence-electron chi connectivity index (χ1n) is 6.93. The van der Waals surface area contributed by atoms with Crippen LogP contribution in [0.1, 0.15) is 25.7 Å². The van der Waals surface area contributed by atoms with Gasteiger partial charge < -0.3 is 14.6 Å². The van der Waals surface area contributed by atoms with Crippen LogP contribution in [-0.4, -0.2) is 45.0 Å². The number of Topliss-reactive ketones (excluding diaryl/α,β-unsaturated/α-hetero) is 1. The van der Waals surface area contributed by atoms with E-state index in [2.05, 4.69) is 0 Å². The Kier molecular flexibility index (Phi) is 4.90. The monoisotopic (exact) mass is 370 g/mol. The van der Waals surface area contributed by atoms with Gasteiger partial charge in [-0.2, -0.15) is 13.2 Å². The quantitative estimate of drug-likeness (QED) is 0.731. The largest absolute Gasteiger partial charge is 0.423 e. The van der Waals surface area contributed by atoms with Gasteiger partial charge in [0.15, 0.2) is 17.7 Å². The third-order valence-electron chi connectivity index (χ3n) is 3.42. The van der Waals surface area contributed by atoms with Crippen molar-refractivity contribution in [2.75, 3.05) is 6.61 Å². The summed E-state index contributed by atoms with van der Waals surface area (Å²) in [6, 6.07) is 0. The Hall–Kier alpha value is -2.05. The van der Waals surface area contributed by atoms with E-state index in [9.17, 15) is 37.1 Å². The maximum Gasteiger partial charge on any atom is 0.423 e. The van der Waals surface area contributed by atoms with Gasteiger partial charge in [0.1, 0.15) is 18.3 Å². The van der Waals surface area contributed by atoms with Crippen molar-refractivity contribution < 1.29 is 36.9 Å². The molecule has 2 unspecified atom stereocenters. The van der Waals surface area contributed by atoms with Crippen LogP contribution < -0.4 is 11.2 Å². The van der Waals surface area contributed by atoms with E-state index in [1.165, 1.54) is 18.8 Å². The molecular weight excluding hydrogens is 356 g/mol. The summed E-state index contributed by atoms with van der Waals surface area (Å²) < 4.78 is 62.5. The van der Waals surface area contributed by atoms with Crippen molar-refractivity contribution in [1.29, 1.82) is 0 Å². The summed E-state index contributed by atoms with van der Waals surface area (Å²) in [7, 11) is 0. The molecule has 140 valence electrons. The molecule has 8 nitrogen and oxygen atoms in total. The first-order valence-corrected chi connectivity index (χ1v) is 6.93. The van der Waals surface area contributed by atoms with Crippen LogP contribution in [0.5, 0.6) is 0 Å². The minimum Gasteiger partial charge on any atom is -0.385 e. The van der Waals surface area contributed by atoms with E-state index in [1.54, 1.807) is 0 Å². The molecule has 1 aliphatic heterocycles. The first-order chi connectivity index (χ1) is 11.3. The summed E-state index contributed by atoms with van der Waals surface area (Å²) in [6.45, 7) is 2.23. The molecule has 1 aromatic heterocycles. The number of ketones is 1. The van der Waals surface area contributed by atoms with Gasteiger partial charge in [0, 0.05) is 6.20 Å². The summed E-state index contributed by atoms with van der Waals surface area (Å²) in [6.07, 6.45) is -12.1. The van der Waals surface area contributed by atoms with Gasteiger partial charge in [-0.05, 0) is 13.8 Å². The number of hydrogen-bond donors (Lipinski definition) is 2. The Morgan fingerprint density at radius 3 is 2.52 bits per heavy atom. The fourth-order valence-corrected chi connectivity index (χ4v) is 2.17. The molecule has 1 fully saturated rings. The third kappa shape index (κ3) is 3.96. The molecule has 0 spiro atoms. The molecule has 0 aliphatic carbocycles. The number of hydrogen-bond acceptors (Lipinski definition) is 6. The molecule has 0 saturated carbocycles. The summed E-state index contributed by atoms with van der Waals surface area (Å²) in [5.41, 5.74) is -5.11. The van der Waals surface area contributed by atoms with Crippen LogP contribution in [0.25, 0.3) is 0 Å². The average Bonchev–Trinajstić information content (AvgIpc) is 2.47. The van der Waals surface area contributed by atoms with E-state index >= 15 is 0 Å². The van der Waals surface area contributed by atoms with Gasteiger partial charge in [-0.25, -0.2) is 9.18 Å². The smallest absolute Gasteiger partial charge is 0.385 e. The van der Waals surface area contributed by atoms with E-state index in [-0.39, 0.29) is 10.8 Å². The van der Waals surface area contributed by atoms with Crippen molar-refractivity contribution in [3.8, 4) is 0 Å². The van der Waals surface area contributed by atoms with Crippen LogP contribution >= 0.6 is 0 Å². The number of rotatable bonds is 3. The molecule has 12 heteroatoms. The van der Waals surface area contributed by atoms with Gasteiger partial charge in [-0.15, -0.1) is 0 Å². The van der Waals surface area contributed by atoms with Crippen LogP contribution in [0.2, 0.25) is 0 Å². The van der Waals surface area contributed by atoms with Crippen LogP contribution in [0.3, 0.4) is 0 Å². The molecule has 0 bridgehead atoms. The zero-order valence-electron chi connectivity index (χ0n) is 13.0. The van der Waals surface area contributed by atoms with Crippen LogP contribution in [0.4, 0.5) is 17.6 Å². The van der Waals surface area contributed by atoms with Crippen molar-refractivity contribution >= 4 is 5.78 Å². The van der Waals surface area contributed by atoms with Gasteiger partial charge in [0.25, 0.3) is 5.56 Å². The molecule has 3 atom stereocenters. The summed E-state index contributed by atoms with van der Waals surface area (Å²) >= 11 is 0. The molecule has 0 amide bonds. The summed E-state index contributed by atoms with van der Waals surface area (Å²) in [5, 5.41) is 9.98. The second-order valence-electron chi connectivity index (χ2n) is 5.76. The molecule has 1 saturated heterocycles. The number of halogens is 4. The molecular formula is C13H14F4N2O6. The number of carbonyl (C=O) groups excluding carboxylic acids is 1. The molecule has 2 heterocycles. The highest BCUT2D eigenvalue weighted by Crippen LogP contribution is 2.29. The molecule has 1 aromatic rings. The topological polar surface area (TPSA) is 111 Å². The van der Waals surface area contributed by atoms with Crippen molar-refractivity contribution in [1.82, 2.24) is 9.55 Å². The van der Waals surface area contributed by atoms with Crippen LogP contribution in [0.15, 0.2) is 15.8 Å². The number of nitrogens with zero attached hydrogens (tertiary/aromatic N) is 1. The number of nitrogens with one attached hydrogen (secondary N) is 1.